The molecule has 0 aliphatic carbocycles. The van der Waals surface area contributed by atoms with Crippen LogP contribution in [-0.4, -0.2) is 11.7 Å². The first-order valence-electron chi connectivity index (χ1n) is 5.80. The van der Waals surface area contributed by atoms with Crippen LogP contribution in [0.3, 0.4) is 0 Å². The quantitative estimate of drug-likeness (QED) is 0.889. The zero-order valence-corrected chi connectivity index (χ0v) is 12.4. The van der Waals surface area contributed by atoms with E-state index in [1.54, 1.807) is 11.8 Å². The highest BCUT2D eigenvalue weighted by molar-refractivity contribution is 9.10. The maximum absolute atomic E-state index is 11.3. The van der Waals surface area contributed by atoms with Gasteiger partial charge >= 0.3 is 0 Å². The number of nitrogens with zero attached hydrogens (tertiary/aromatic N) is 1. The van der Waals surface area contributed by atoms with E-state index in [9.17, 15) is 4.79 Å². The number of primary amides is 1. The average Bonchev–Trinajstić information content (AvgIpc) is 2.93. The van der Waals surface area contributed by atoms with Crippen LogP contribution in [0, 0.1) is 0 Å². The Balaban J connectivity index is 1.98. The smallest absolute Gasteiger partial charge is 0.223 e. The number of carbonyl (C=O) groups excluding carboxylic acids is 1. The van der Waals surface area contributed by atoms with Crippen molar-refractivity contribution in [3.05, 3.63) is 51.1 Å². The second kappa shape index (κ2) is 4.94. The summed E-state index contributed by atoms with van der Waals surface area (Å²) in [6, 6.07) is 7.93. The van der Waals surface area contributed by atoms with Crippen molar-refractivity contribution in [2.45, 2.75) is 6.42 Å². The predicted molar refractivity (Wildman–Crippen MR) is 81.1 cm³/mol. The highest BCUT2D eigenvalue weighted by atomic mass is 79.9. The van der Waals surface area contributed by atoms with Crippen LogP contribution in [0.1, 0.15) is 6.42 Å². The third kappa shape index (κ3) is 2.37. The fourth-order valence-corrected chi connectivity index (χ4v) is 3.37. The van der Waals surface area contributed by atoms with Crippen molar-refractivity contribution in [3.63, 3.8) is 0 Å². The molecule has 0 atom stereocenters. The summed E-state index contributed by atoms with van der Waals surface area (Å²) >= 11 is 5.15. The zero-order valence-electron chi connectivity index (χ0n) is 10.0. The number of anilines is 1. The van der Waals surface area contributed by atoms with Crippen LogP contribution < -0.4 is 16.2 Å². The molecule has 0 radical (unpaired) electrons. The number of amides is 1. The SMILES string of the molecule is NC(=O)CC1=C2CSC=C2NN1c1ccc(Br)cc1. The monoisotopic (exact) mass is 337 g/mol. The minimum Gasteiger partial charge on any atom is -0.369 e. The molecular weight excluding hydrogens is 326 g/mol. The molecule has 2 aliphatic rings. The van der Waals surface area contributed by atoms with Gasteiger partial charge in [-0.3, -0.25) is 15.2 Å². The van der Waals surface area contributed by atoms with Gasteiger partial charge < -0.3 is 5.73 Å². The van der Waals surface area contributed by atoms with E-state index in [0.717, 1.165) is 27.3 Å². The second-order valence-electron chi connectivity index (χ2n) is 4.33. The van der Waals surface area contributed by atoms with Crippen molar-refractivity contribution in [3.8, 4) is 0 Å². The summed E-state index contributed by atoms with van der Waals surface area (Å²) in [6.07, 6.45) is 0.246. The molecule has 3 rings (SSSR count). The van der Waals surface area contributed by atoms with Crippen molar-refractivity contribution < 1.29 is 4.79 Å². The topological polar surface area (TPSA) is 58.4 Å². The first-order valence-corrected chi connectivity index (χ1v) is 7.64. The molecule has 3 N–H and O–H groups in total. The number of hydrazine groups is 1. The van der Waals surface area contributed by atoms with Crippen molar-refractivity contribution in [1.29, 1.82) is 0 Å². The van der Waals surface area contributed by atoms with Gasteiger partial charge in [-0.05, 0) is 29.7 Å². The van der Waals surface area contributed by atoms with E-state index in [4.69, 9.17) is 5.73 Å². The Morgan fingerprint density at radius 3 is 2.84 bits per heavy atom. The highest BCUT2D eigenvalue weighted by Crippen LogP contribution is 2.38. The molecule has 6 heteroatoms. The van der Waals surface area contributed by atoms with Crippen LogP contribution in [0.15, 0.2) is 51.1 Å². The molecular formula is C13H12BrN3OS. The number of hydrogen-bond acceptors (Lipinski definition) is 4. The molecule has 0 fully saturated rings. The Kier molecular flexibility index (Phi) is 3.28. The van der Waals surface area contributed by atoms with Crippen molar-refractivity contribution in [2.75, 3.05) is 10.8 Å². The lowest BCUT2D eigenvalue weighted by Crippen LogP contribution is -2.32. The molecule has 1 aromatic carbocycles. The lowest BCUT2D eigenvalue weighted by atomic mass is 10.1. The van der Waals surface area contributed by atoms with Crippen molar-refractivity contribution >= 4 is 39.3 Å². The Labute approximate surface area is 123 Å². The highest BCUT2D eigenvalue weighted by Gasteiger charge is 2.30. The molecule has 0 unspecified atom stereocenters. The molecule has 19 heavy (non-hydrogen) atoms. The van der Waals surface area contributed by atoms with E-state index in [1.165, 1.54) is 5.57 Å². The van der Waals surface area contributed by atoms with Gasteiger partial charge in [0.25, 0.3) is 0 Å². The Bertz CT molecular complexity index is 594. The number of nitrogens with one attached hydrogen (secondary N) is 1. The van der Waals surface area contributed by atoms with Gasteiger partial charge in [-0.25, -0.2) is 0 Å². The lowest BCUT2D eigenvalue weighted by molar-refractivity contribution is -0.117. The Hall–Kier alpha value is -1.40. The van der Waals surface area contributed by atoms with Gasteiger partial charge in [-0.1, -0.05) is 15.9 Å². The van der Waals surface area contributed by atoms with E-state index >= 15 is 0 Å². The van der Waals surface area contributed by atoms with Crippen molar-refractivity contribution in [2.24, 2.45) is 5.73 Å². The maximum atomic E-state index is 11.3. The van der Waals surface area contributed by atoms with Gasteiger partial charge in [0.2, 0.25) is 5.91 Å². The minimum atomic E-state index is -0.315. The number of benzene rings is 1. The Morgan fingerprint density at radius 1 is 1.42 bits per heavy atom. The molecule has 0 aromatic heterocycles. The number of fused-ring (bicyclic) bond motifs is 1. The average molecular weight is 338 g/mol. The molecule has 4 nitrogen and oxygen atoms in total. The number of rotatable bonds is 3. The number of halogens is 1. The van der Waals surface area contributed by atoms with Crippen LogP contribution in [0.25, 0.3) is 0 Å². The first-order chi connectivity index (χ1) is 9.15. The summed E-state index contributed by atoms with van der Waals surface area (Å²) in [7, 11) is 0. The molecule has 1 amide bonds. The van der Waals surface area contributed by atoms with Crippen LogP contribution in [0.2, 0.25) is 0 Å². The fourth-order valence-electron chi connectivity index (χ4n) is 2.17. The Morgan fingerprint density at radius 2 is 2.16 bits per heavy atom. The van der Waals surface area contributed by atoms with Crippen molar-refractivity contribution in [1.82, 2.24) is 5.43 Å². The van der Waals surface area contributed by atoms with Gasteiger partial charge in [0.1, 0.15) is 0 Å². The third-order valence-corrected chi connectivity index (χ3v) is 4.42. The number of thioether (sulfide) groups is 1. The predicted octanol–water partition coefficient (Wildman–Crippen LogP) is 2.49. The minimum absolute atomic E-state index is 0.246. The summed E-state index contributed by atoms with van der Waals surface area (Å²) < 4.78 is 1.02. The summed E-state index contributed by atoms with van der Waals surface area (Å²) in [5, 5.41) is 4.02. The molecule has 0 saturated heterocycles. The van der Waals surface area contributed by atoms with Gasteiger partial charge in [0.05, 0.1) is 23.5 Å². The number of nitrogens with two attached hydrogens (primary N) is 1. The van der Waals surface area contributed by atoms with Crippen LogP contribution in [-0.2, 0) is 4.79 Å². The first kappa shape index (κ1) is 12.6. The van der Waals surface area contributed by atoms with E-state index in [1.807, 2.05) is 29.3 Å². The van der Waals surface area contributed by atoms with E-state index in [0.29, 0.717) is 0 Å². The number of allylic oxidation sites excluding steroid dienone is 1. The second-order valence-corrected chi connectivity index (χ2v) is 6.11. The molecule has 2 heterocycles. The third-order valence-electron chi connectivity index (χ3n) is 3.03. The molecule has 0 saturated carbocycles. The molecule has 2 aliphatic heterocycles. The summed E-state index contributed by atoms with van der Waals surface area (Å²) in [5.41, 5.74) is 12.9. The van der Waals surface area contributed by atoms with Gasteiger partial charge in [0.15, 0.2) is 0 Å². The number of hydrogen-bond donors (Lipinski definition) is 2. The standard InChI is InChI=1S/C13H12BrN3OS/c14-8-1-3-9(4-2-8)17-12(5-13(15)18)10-6-19-7-11(10)16-17/h1-4,7,16H,5-6H2,(H2,15,18). The summed E-state index contributed by atoms with van der Waals surface area (Å²) in [4.78, 5) is 11.3. The van der Waals surface area contributed by atoms with Gasteiger partial charge in [-0.2, -0.15) is 0 Å². The van der Waals surface area contributed by atoms with Crippen LogP contribution in [0.5, 0.6) is 0 Å². The number of carbonyl (C=O) groups is 1. The summed E-state index contributed by atoms with van der Waals surface area (Å²) in [6.45, 7) is 0. The molecule has 0 bridgehead atoms. The maximum Gasteiger partial charge on any atom is 0.223 e. The van der Waals surface area contributed by atoms with E-state index in [2.05, 4.69) is 26.8 Å². The normalized spacial score (nSPS) is 17.3. The zero-order chi connectivity index (χ0) is 13.4. The van der Waals surface area contributed by atoms with Gasteiger partial charge in [-0.15, -0.1) is 11.8 Å². The van der Waals surface area contributed by atoms with Gasteiger partial charge in [0, 0.05) is 15.8 Å². The molecule has 98 valence electrons. The molecule has 0 spiro atoms. The fraction of sp³-hybridized carbons (Fsp3) is 0.154. The summed E-state index contributed by atoms with van der Waals surface area (Å²) in [5.74, 6) is 0.572. The lowest BCUT2D eigenvalue weighted by Gasteiger charge is -2.22. The van der Waals surface area contributed by atoms with E-state index < -0.39 is 0 Å². The molecule has 1 aromatic rings. The van der Waals surface area contributed by atoms with Crippen LogP contribution >= 0.6 is 27.7 Å². The largest absolute Gasteiger partial charge is 0.369 e. The van der Waals surface area contributed by atoms with E-state index in [-0.39, 0.29) is 12.3 Å². The van der Waals surface area contributed by atoms with Crippen LogP contribution in [0.4, 0.5) is 5.69 Å².